The van der Waals surface area contributed by atoms with Crippen LogP contribution < -0.4 is 10.1 Å². The van der Waals surface area contributed by atoms with Crippen molar-refractivity contribution < 1.29 is 13.9 Å². The first-order chi connectivity index (χ1) is 13.7. The zero-order valence-corrected chi connectivity index (χ0v) is 14.9. The Kier molecular flexibility index (Phi) is 6.17. The van der Waals surface area contributed by atoms with Crippen LogP contribution in [-0.2, 0) is 11.4 Å². The smallest absolute Gasteiger partial charge is 0.266 e. The molecule has 0 atom stereocenters. The molecular weight excluding hydrogens is 355 g/mol. The molecule has 3 aromatic carbocycles. The zero-order valence-electron chi connectivity index (χ0n) is 14.9. The number of halogens is 1. The van der Waals surface area contributed by atoms with E-state index in [1.165, 1.54) is 18.2 Å². The van der Waals surface area contributed by atoms with Crippen LogP contribution in [0.1, 0.15) is 11.1 Å². The Morgan fingerprint density at radius 3 is 2.39 bits per heavy atom. The fourth-order valence-electron chi connectivity index (χ4n) is 2.50. The molecule has 0 saturated heterocycles. The summed E-state index contributed by atoms with van der Waals surface area (Å²) in [5.41, 5.74) is 1.98. The van der Waals surface area contributed by atoms with E-state index in [0.29, 0.717) is 17.0 Å². The maximum absolute atomic E-state index is 13.0. The molecule has 0 saturated carbocycles. The summed E-state index contributed by atoms with van der Waals surface area (Å²) in [5, 5.41) is 12.1. The van der Waals surface area contributed by atoms with Crippen molar-refractivity contribution in [2.75, 3.05) is 5.32 Å². The molecule has 0 unspecified atom stereocenters. The Morgan fingerprint density at radius 1 is 1.00 bits per heavy atom. The van der Waals surface area contributed by atoms with Gasteiger partial charge in [0.25, 0.3) is 5.91 Å². The largest absolute Gasteiger partial charge is 0.488 e. The highest BCUT2D eigenvalue weighted by Gasteiger charge is 2.11. The number of hydrogen-bond acceptors (Lipinski definition) is 3. The number of para-hydroxylation sites is 2. The maximum atomic E-state index is 13.0. The summed E-state index contributed by atoms with van der Waals surface area (Å²) in [6, 6.07) is 24.0. The molecule has 3 rings (SSSR count). The molecule has 0 aliphatic heterocycles. The van der Waals surface area contributed by atoms with E-state index in [2.05, 4.69) is 5.32 Å². The number of ether oxygens (including phenoxy) is 1. The van der Waals surface area contributed by atoms with E-state index in [0.717, 1.165) is 5.56 Å². The molecule has 138 valence electrons. The summed E-state index contributed by atoms with van der Waals surface area (Å²) in [6.07, 6.45) is 1.48. The molecule has 5 heteroatoms. The second-order valence-electron chi connectivity index (χ2n) is 5.94. The third kappa shape index (κ3) is 5.05. The molecule has 0 heterocycles. The summed E-state index contributed by atoms with van der Waals surface area (Å²) in [7, 11) is 0. The minimum Gasteiger partial charge on any atom is -0.488 e. The fourth-order valence-corrected chi connectivity index (χ4v) is 2.50. The number of rotatable bonds is 6. The van der Waals surface area contributed by atoms with E-state index in [1.807, 2.05) is 12.1 Å². The molecule has 0 bridgehead atoms. The van der Waals surface area contributed by atoms with Gasteiger partial charge in [-0.05, 0) is 42.0 Å². The van der Waals surface area contributed by atoms with Crippen molar-refractivity contribution in [3.63, 3.8) is 0 Å². The quantitative estimate of drug-likeness (QED) is 0.492. The van der Waals surface area contributed by atoms with E-state index < -0.39 is 5.91 Å². The van der Waals surface area contributed by atoms with Crippen molar-refractivity contribution in [2.45, 2.75) is 6.61 Å². The fraction of sp³-hybridized carbons (Fsp3) is 0.0435. The lowest BCUT2D eigenvalue weighted by Crippen LogP contribution is -2.13. The van der Waals surface area contributed by atoms with Gasteiger partial charge in [0, 0.05) is 11.3 Å². The minimum atomic E-state index is -0.498. The standard InChI is InChI=1S/C23H17FN2O2/c24-20-12-10-17(11-13-20)16-28-22-9-5-4-6-18(22)14-19(15-25)23(27)26-21-7-2-1-3-8-21/h1-14H,16H2,(H,26,27)/b19-14+. The molecule has 0 aliphatic rings. The number of benzene rings is 3. The number of nitrogens with zero attached hydrogens (tertiary/aromatic N) is 1. The minimum absolute atomic E-state index is 0.0401. The van der Waals surface area contributed by atoms with Gasteiger partial charge in [0.15, 0.2) is 0 Å². The van der Waals surface area contributed by atoms with Gasteiger partial charge in [0.2, 0.25) is 0 Å². The van der Waals surface area contributed by atoms with Crippen LogP contribution in [0.4, 0.5) is 10.1 Å². The third-order valence-corrected chi connectivity index (χ3v) is 3.92. The summed E-state index contributed by atoms with van der Waals surface area (Å²) in [6.45, 7) is 0.239. The van der Waals surface area contributed by atoms with Gasteiger partial charge in [0.1, 0.15) is 29.8 Å². The van der Waals surface area contributed by atoms with Crippen molar-refractivity contribution >= 4 is 17.7 Å². The molecule has 0 radical (unpaired) electrons. The number of amides is 1. The van der Waals surface area contributed by atoms with Crippen molar-refractivity contribution in [1.82, 2.24) is 0 Å². The van der Waals surface area contributed by atoms with Crippen LogP contribution in [0, 0.1) is 17.1 Å². The van der Waals surface area contributed by atoms with Gasteiger partial charge in [0.05, 0.1) is 0 Å². The van der Waals surface area contributed by atoms with E-state index >= 15 is 0 Å². The zero-order chi connectivity index (χ0) is 19.8. The molecular formula is C23H17FN2O2. The van der Waals surface area contributed by atoms with Crippen LogP contribution in [0.3, 0.4) is 0 Å². The Bertz CT molecular complexity index is 1020. The van der Waals surface area contributed by atoms with Gasteiger partial charge in [-0.15, -0.1) is 0 Å². The average Bonchev–Trinajstić information content (AvgIpc) is 2.73. The summed E-state index contributed by atoms with van der Waals surface area (Å²) < 4.78 is 18.8. The highest BCUT2D eigenvalue weighted by Crippen LogP contribution is 2.22. The van der Waals surface area contributed by atoms with E-state index in [-0.39, 0.29) is 18.0 Å². The van der Waals surface area contributed by atoms with Gasteiger partial charge >= 0.3 is 0 Å². The Balaban J connectivity index is 1.77. The topological polar surface area (TPSA) is 62.1 Å². The SMILES string of the molecule is N#C/C(=C\c1ccccc1OCc1ccc(F)cc1)C(=O)Nc1ccccc1. The number of nitriles is 1. The molecule has 0 fully saturated rings. The lowest BCUT2D eigenvalue weighted by atomic mass is 10.1. The van der Waals surface area contributed by atoms with E-state index in [1.54, 1.807) is 60.7 Å². The van der Waals surface area contributed by atoms with Gasteiger partial charge < -0.3 is 10.1 Å². The van der Waals surface area contributed by atoms with Gasteiger partial charge in [-0.3, -0.25) is 4.79 Å². The molecule has 0 spiro atoms. The van der Waals surface area contributed by atoms with Crippen LogP contribution in [0.25, 0.3) is 6.08 Å². The van der Waals surface area contributed by atoms with Crippen LogP contribution in [0.15, 0.2) is 84.4 Å². The molecule has 3 aromatic rings. The van der Waals surface area contributed by atoms with Crippen LogP contribution in [-0.4, -0.2) is 5.91 Å². The molecule has 0 aromatic heterocycles. The summed E-state index contributed by atoms with van der Waals surface area (Å²) in [4.78, 5) is 12.4. The van der Waals surface area contributed by atoms with Crippen LogP contribution in [0.5, 0.6) is 5.75 Å². The van der Waals surface area contributed by atoms with Gasteiger partial charge in [-0.2, -0.15) is 5.26 Å². The molecule has 1 amide bonds. The maximum Gasteiger partial charge on any atom is 0.266 e. The summed E-state index contributed by atoms with van der Waals surface area (Å²) >= 11 is 0. The number of carbonyl (C=O) groups is 1. The van der Waals surface area contributed by atoms with Crippen molar-refractivity contribution in [2.24, 2.45) is 0 Å². The van der Waals surface area contributed by atoms with Crippen molar-refractivity contribution in [3.05, 3.63) is 101 Å². The number of carbonyl (C=O) groups excluding carboxylic acids is 1. The first-order valence-electron chi connectivity index (χ1n) is 8.60. The molecule has 4 nitrogen and oxygen atoms in total. The first kappa shape index (κ1) is 18.9. The number of nitrogens with one attached hydrogen (secondary N) is 1. The van der Waals surface area contributed by atoms with Gasteiger partial charge in [-0.25, -0.2) is 4.39 Å². The van der Waals surface area contributed by atoms with E-state index in [4.69, 9.17) is 4.74 Å². The third-order valence-electron chi connectivity index (χ3n) is 3.92. The number of hydrogen-bond donors (Lipinski definition) is 1. The first-order valence-corrected chi connectivity index (χ1v) is 8.60. The highest BCUT2D eigenvalue weighted by atomic mass is 19.1. The molecule has 0 aliphatic carbocycles. The van der Waals surface area contributed by atoms with Crippen LogP contribution in [0.2, 0.25) is 0 Å². The Hall–Kier alpha value is -3.91. The number of anilines is 1. The van der Waals surface area contributed by atoms with Crippen LogP contribution >= 0.6 is 0 Å². The second kappa shape index (κ2) is 9.15. The van der Waals surface area contributed by atoms with Crippen molar-refractivity contribution in [3.8, 4) is 11.8 Å². The Labute approximate surface area is 162 Å². The van der Waals surface area contributed by atoms with Crippen molar-refractivity contribution in [1.29, 1.82) is 5.26 Å². The monoisotopic (exact) mass is 372 g/mol. The Morgan fingerprint density at radius 2 is 1.68 bits per heavy atom. The normalized spacial score (nSPS) is 10.8. The average molecular weight is 372 g/mol. The predicted octanol–water partition coefficient (Wildman–Crippen LogP) is 4.95. The molecule has 1 N–H and O–H groups in total. The highest BCUT2D eigenvalue weighted by molar-refractivity contribution is 6.09. The molecule has 28 heavy (non-hydrogen) atoms. The van der Waals surface area contributed by atoms with E-state index in [9.17, 15) is 14.4 Å². The lowest BCUT2D eigenvalue weighted by Gasteiger charge is -2.10. The predicted molar refractivity (Wildman–Crippen MR) is 106 cm³/mol. The van der Waals surface area contributed by atoms with Gasteiger partial charge in [-0.1, -0.05) is 48.5 Å². The summed E-state index contributed by atoms with van der Waals surface area (Å²) in [5.74, 6) is -0.288. The second-order valence-corrected chi connectivity index (χ2v) is 5.94. The lowest BCUT2D eigenvalue weighted by molar-refractivity contribution is -0.112.